The molecule has 0 aliphatic rings. The molecular formula is C4H3N3O2. The third-order valence-corrected chi connectivity index (χ3v) is 0.673. The first kappa shape index (κ1) is 7.61. The van der Waals surface area contributed by atoms with Crippen molar-refractivity contribution in [3.05, 3.63) is 29.8 Å². The summed E-state index contributed by atoms with van der Waals surface area (Å²) in [6, 6.07) is 1.29. The van der Waals surface area contributed by atoms with E-state index in [-0.39, 0.29) is 13.2 Å². The van der Waals surface area contributed by atoms with Crippen LogP contribution in [0.4, 0.5) is 5.82 Å². The van der Waals surface area contributed by atoms with Gasteiger partial charge in [-0.3, -0.25) is 0 Å². The Morgan fingerprint density at radius 2 is 2.44 bits per heavy atom. The van der Waals surface area contributed by atoms with Crippen LogP contribution in [0.3, 0.4) is 0 Å². The molecule has 0 amide bonds. The van der Waals surface area contributed by atoms with Crippen molar-refractivity contribution in [2.45, 2.75) is 0 Å². The summed E-state index contributed by atoms with van der Waals surface area (Å²) in [4.78, 5) is 9.23. The monoisotopic (exact) mass is 125 g/mol. The molecule has 1 aromatic heterocycles. The molecule has 9 heavy (non-hydrogen) atoms. The lowest BCUT2D eigenvalue weighted by Gasteiger charge is -1.80. The molecule has 0 aromatic carbocycles. The van der Waals surface area contributed by atoms with Crippen LogP contribution in [0, 0.1) is 17.5 Å². The maximum absolute atomic E-state index is 9.79. The predicted octanol–water partition coefficient (Wildman–Crippen LogP) is 0.399. The largest absolute Gasteiger partial charge is 0.389 e. The Morgan fingerprint density at radius 1 is 1.78 bits per heavy atom. The summed E-state index contributed by atoms with van der Waals surface area (Å²) in [6.07, 6.45) is 1.40. The quantitative estimate of drug-likeness (QED) is 0.436. The first-order valence-electron chi connectivity index (χ1n) is 1.95. The van der Waals surface area contributed by atoms with Crippen LogP contribution in [0.1, 0.15) is 0 Å². The van der Waals surface area contributed by atoms with E-state index in [1.54, 1.807) is 0 Å². The molecule has 1 N–H and O–H groups in total. The van der Waals surface area contributed by atoms with Gasteiger partial charge in [0.2, 0.25) is 0 Å². The standard InChI is InChI=1S/C3H3N3O2.C/c7-6(8)3-1-2-4-5-3;/h1-2H,(H,4,5);. The molecule has 1 heterocycles. The summed E-state index contributed by atoms with van der Waals surface area (Å²) in [5, 5.41) is 15.4. The average molecular weight is 125 g/mol. The molecule has 0 unspecified atom stereocenters. The number of hydrogen-bond donors (Lipinski definition) is 1. The molecule has 0 spiro atoms. The van der Waals surface area contributed by atoms with Crippen LogP contribution in [0.2, 0.25) is 0 Å². The van der Waals surface area contributed by atoms with Crippen LogP contribution in [-0.2, 0) is 0 Å². The molecule has 4 radical (unpaired) electrons. The van der Waals surface area contributed by atoms with Gasteiger partial charge in [-0.25, -0.2) is 0 Å². The minimum atomic E-state index is -0.559. The van der Waals surface area contributed by atoms with Crippen molar-refractivity contribution in [3.63, 3.8) is 0 Å². The second-order valence-electron chi connectivity index (χ2n) is 1.19. The van der Waals surface area contributed by atoms with Gasteiger partial charge in [0.1, 0.15) is 0 Å². The second-order valence-corrected chi connectivity index (χ2v) is 1.19. The van der Waals surface area contributed by atoms with E-state index in [2.05, 4.69) is 10.2 Å². The molecule has 0 fully saturated rings. The Kier molecular flexibility index (Phi) is 2.37. The Labute approximate surface area is 51.9 Å². The van der Waals surface area contributed by atoms with Crippen LogP contribution in [0.5, 0.6) is 0 Å². The number of nitro groups is 1. The molecule has 46 valence electrons. The van der Waals surface area contributed by atoms with Gasteiger partial charge in [-0.2, -0.15) is 5.10 Å². The zero-order chi connectivity index (χ0) is 5.98. The van der Waals surface area contributed by atoms with Gasteiger partial charge in [0.25, 0.3) is 0 Å². The number of aromatic nitrogens is 2. The van der Waals surface area contributed by atoms with E-state index in [0.29, 0.717) is 0 Å². The van der Waals surface area contributed by atoms with Crippen LogP contribution in [0.25, 0.3) is 0 Å². The Balaban J connectivity index is 0.000000640. The molecule has 0 bridgehead atoms. The molecule has 5 heteroatoms. The highest BCUT2D eigenvalue weighted by molar-refractivity contribution is 5.12. The smallest absolute Gasteiger partial charge is 0.358 e. The topological polar surface area (TPSA) is 71.8 Å². The lowest BCUT2D eigenvalue weighted by molar-refractivity contribution is -0.389. The lowest BCUT2D eigenvalue weighted by atomic mass is 10.7. The van der Waals surface area contributed by atoms with Gasteiger partial charge in [0.05, 0.1) is 17.4 Å². The molecule has 0 saturated carbocycles. The van der Waals surface area contributed by atoms with Crippen molar-refractivity contribution in [2.24, 2.45) is 0 Å². The van der Waals surface area contributed by atoms with Gasteiger partial charge in [0, 0.05) is 7.43 Å². The average Bonchev–Trinajstić information content (AvgIpc) is 2.12. The van der Waals surface area contributed by atoms with Gasteiger partial charge in [-0.1, -0.05) is 0 Å². The highest BCUT2D eigenvalue weighted by atomic mass is 16.6. The van der Waals surface area contributed by atoms with Gasteiger partial charge < -0.3 is 10.1 Å². The van der Waals surface area contributed by atoms with Gasteiger partial charge >= 0.3 is 5.82 Å². The fraction of sp³-hybridized carbons (Fsp3) is 0. The van der Waals surface area contributed by atoms with Crippen LogP contribution in [0.15, 0.2) is 12.3 Å². The summed E-state index contributed by atoms with van der Waals surface area (Å²) >= 11 is 0. The number of rotatable bonds is 1. The van der Waals surface area contributed by atoms with E-state index in [0.717, 1.165) is 0 Å². The second kappa shape index (κ2) is 2.81. The van der Waals surface area contributed by atoms with Crippen molar-refractivity contribution >= 4 is 5.82 Å². The van der Waals surface area contributed by atoms with E-state index in [9.17, 15) is 10.1 Å². The first-order chi connectivity index (χ1) is 3.80. The van der Waals surface area contributed by atoms with E-state index >= 15 is 0 Å². The normalized spacial score (nSPS) is 8.00. The third kappa shape index (κ3) is 1.52. The lowest BCUT2D eigenvalue weighted by Crippen LogP contribution is -1.86. The van der Waals surface area contributed by atoms with E-state index in [4.69, 9.17) is 0 Å². The van der Waals surface area contributed by atoms with Crippen molar-refractivity contribution in [1.29, 1.82) is 0 Å². The summed E-state index contributed by atoms with van der Waals surface area (Å²) in [5.41, 5.74) is 0. The number of aromatic amines is 1. The zero-order valence-electron chi connectivity index (χ0n) is 4.37. The Bertz CT molecular complexity index is 182. The summed E-state index contributed by atoms with van der Waals surface area (Å²) in [6.45, 7) is 0. The summed E-state index contributed by atoms with van der Waals surface area (Å²) < 4.78 is 0. The van der Waals surface area contributed by atoms with E-state index < -0.39 is 4.92 Å². The number of nitrogens with one attached hydrogen (secondary N) is 1. The Hall–Kier alpha value is -1.39. The SMILES string of the molecule is O=[N+]([O-])c1cc[nH]n1.[C]. The highest BCUT2D eigenvalue weighted by Gasteiger charge is 2.03. The maximum Gasteiger partial charge on any atom is 0.389 e. The third-order valence-electron chi connectivity index (χ3n) is 0.673. The van der Waals surface area contributed by atoms with Crippen molar-refractivity contribution < 1.29 is 4.92 Å². The predicted molar refractivity (Wildman–Crippen MR) is 28.5 cm³/mol. The minimum Gasteiger partial charge on any atom is -0.358 e. The molecule has 5 nitrogen and oxygen atoms in total. The van der Waals surface area contributed by atoms with Gasteiger partial charge in [-0.15, -0.1) is 0 Å². The van der Waals surface area contributed by atoms with Crippen LogP contribution >= 0.6 is 0 Å². The number of nitrogens with zero attached hydrogens (tertiary/aromatic N) is 2. The number of hydrogen-bond acceptors (Lipinski definition) is 3. The Morgan fingerprint density at radius 3 is 2.67 bits per heavy atom. The molecule has 1 rings (SSSR count). The molecule has 0 atom stereocenters. The van der Waals surface area contributed by atoms with E-state index in [1.165, 1.54) is 12.3 Å². The minimum absolute atomic E-state index is 0. The van der Waals surface area contributed by atoms with Gasteiger partial charge in [0.15, 0.2) is 0 Å². The molecular weight excluding hydrogens is 122 g/mol. The fourth-order valence-corrected chi connectivity index (χ4v) is 0.354. The van der Waals surface area contributed by atoms with Crippen molar-refractivity contribution in [3.8, 4) is 0 Å². The zero-order valence-corrected chi connectivity index (χ0v) is 4.37. The molecule has 0 aliphatic carbocycles. The molecule has 1 aromatic rings. The molecule has 0 aliphatic heterocycles. The summed E-state index contributed by atoms with van der Waals surface area (Å²) in [7, 11) is 0. The maximum atomic E-state index is 9.79. The van der Waals surface area contributed by atoms with Crippen LogP contribution < -0.4 is 0 Å². The van der Waals surface area contributed by atoms with Crippen molar-refractivity contribution in [2.75, 3.05) is 0 Å². The van der Waals surface area contributed by atoms with E-state index in [1.807, 2.05) is 0 Å². The fourth-order valence-electron chi connectivity index (χ4n) is 0.354. The highest BCUT2D eigenvalue weighted by Crippen LogP contribution is 2.00. The first-order valence-corrected chi connectivity index (χ1v) is 1.95. The van der Waals surface area contributed by atoms with Crippen molar-refractivity contribution in [1.82, 2.24) is 10.2 Å². The molecule has 0 saturated heterocycles. The number of H-pyrrole nitrogens is 1. The summed E-state index contributed by atoms with van der Waals surface area (Å²) in [5.74, 6) is -0.148. The van der Waals surface area contributed by atoms with Gasteiger partial charge in [-0.05, 0) is 4.92 Å². The van der Waals surface area contributed by atoms with Crippen LogP contribution in [-0.4, -0.2) is 15.1 Å².